The van der Waals surface area contributed by atoms with Crippen molar-refractivity contribution in [2.24, 2.45) is 11.5 Å². The first-order chi connectivity index (χ1) is 20.7. The molecular weight excluding hydrogens is 550 g/mol. The van der Waals surface area contributed by atoms with Crippen LogP contribution in [0.25, 0.3) is 0 Å². The van der Waals surface area contributed by atoms with Crippen molar-refractivity contribution in [1.82, 2.24) is 20.9 Å². The summed E-state index contributed by atoms with van der Waals surface area (Å²) in [5.74, 6) is -2.96. The third-order valence-electron chi connectivity index (χ3n) is 6.70. The molecule has 3 aromatic carbocycles. The summed E-state index contributed by atoms with van der Waals surface area (Å²) in [7, 11) is 0. The topological polar surface area (TPSA) is 204 Å². The van der Waals surface area contributed by atoms with Gasteiger partial charge in [-0.1, -0.05) is 84.9 Å². The van der Waals surface area contributed by atoms with E-state index in [1.54, 1.807) is 24.3 Å². The minimum Gasteiger partial charge on any atom is -0.480 e. The van der Waals surface area contributed by atoms with Gasteiger partial charge >= 0.3 is 12.0 Å². The van der Waals surface area contributed by atoms with Crippen LogP contribution in [-0.4, -0.2) is 58.9 Å². The Labute approximate surface area is 250 Å². The third-order valence-corrected chi connectivity index (χ3v) is 6.70. The number of amides is 4. The van der Waals surface area contributed by atoms with Gasteiger partial charge in [-0.3, -0.25) is 19.8 Å². The van der Waals surface area contributed by atoms with Gasteiger partial charge in [0.2, 0.25) is 11.8 Å². The van der Waals surface area contributed by atoms with Crippen LogP contribution in [0.3, 0.4) is 0 Å². The molecule has 0 aliphatic carbocycles. The first kappa shape index (κ1) is 32.1. The number of hydrogen-bond acceptors (Lipinski definition) is 5. The van der Waals surface area contributed by atoms with Crippen molar-refractivity contribution in [3.05, 3.63) is 107 Å². The lowest BCUT2D eigenvalue weighted by Crippen LogP contribution is -2.49. The Morgan fingerprint density at radius 1 is 0.791 bits per heavy atom. The zero-order chi connectivity index (χ0) is 31.2. The maximum atomic E-state index is 14.4. The fourth-order valence-electron chi connectivity index (χ4n) is 4.61. The second-order valence-electron chi connectivity index (χ2n) is 9.87. The van der Waals surface area contributed by atoms with E-state index in [4.69, 9.17) is 22.0 Å². The van der Waals surface area contributed by atoms with Crippen molar-refractivity contribution in [3.63, 3.8) is 0 Å². The fraction of sp³-hybridized carbons (Fsp3) is 0.258. The van der Waals surface area contributed by atoms with E-state index in [9.17, 15) is 19.2 Å². The molecule has 0 aliphatic rings. The van der Waals surface area contributed by atoms with Crippen LogP contribution in [0.4, 0.5) is 4.79 Å². The lowest BCUT2D eigenvalue weighted by atomic mass is 9.89. The summed E-state index contributed by atoms with van der Waals surface area (Å²) < 4.78 is 0. The molecule has 0 heterocycles. The number of nitrogens with zero attached hydrogens (tertiary/aromatic N) is 1. The molecule has 12 heteroatoms. The lowest BCUT2D eigenvalue weighted by Gasteiger charge is -2.33. The van der Waals surface area contributed by atoms with Crippen LogP contribution in [0.2, 0.25) is 0 Å². The molecule has 3 rings (SSSR count). The number of nitrogens with two attached hydrogens (primary N) is 2. The summed E-state index contributed by atoms with van der Waals surface area (Å²) in [5, 5.41) is 23.6. The van der Waals surface area contributed by atoms with E-state index in [1.807, 2.05) is 60.7 Å². The molecule has 0 fully saturated rings. The van der Waals surface area contributed by atoms with Crippen LogP contribution in [0, 0.1) is 5.41 Å². The Balaban J connectivity index is 1.89. The minimum absolute atomic E-state index is 0.0928. The predicted octanol–water partition coefficient (Wildman–Crippen LogP) is 1.85. The van der Waals surface area contributed by atoms with E-state index < -0.39 is 36.4 Å². The smallest absolute Gasteiger partial charge is 0.323 e. The third kappa shape index (κ3) is 10.2. The van der Waals surface area contributed by atoms with Gasteiger partial charge in [0, 0.05) is 19.6 Å². The average Bonchev–Trinajstić information content (AvgIpc) is 2.99. The zero-order valence-electron chi connectivity index (χ0n) is 23.7. The standard InChI is InChI=1S/C31H37N7O5/c32-28(41)25(12-7-17-35-30(33)34)38(20-22-15-13-21(14-16-22)18-36-31(43)37-19-26(39)40)29(42)27(23-8-3-1-4-9-23)24-10-5-2-6-11-24/h1-6,8-11,13-16,25,27H,7,12,17-20H2,(H2,32,41)(H,39,40)(H4,33,34,35)(H2,36,37,43)/t25-/m1/s1. The molecule has 0 saturated heterocycles. The van der Waals surface area contributed by atoms with Crippen LogP contribution >= 0.6 is 0 Å². The zero-order valence-corrected chi connectivity index (χ0v) is 23.7. The molecule has 0 unspecified atom stereocenters. The Morgan fingerprint density at radius 3 is 1.86 bits per heavy atom. The van der Waals surface area contributed by atoms with Crippen LogP contribution in [0.1, 0.15) is 41.0 Å². The average molecular weight is 588 g/mol. The van der Waals surface area contributed by atoms with Gasteiger partial charge < -0.3 is 37.4 Å². The Hall–Kier alpha value is -5.39. The van der Waals surface area contributed by atoms with E-state index in [2.05, 4.69) is 16.0 Å². The van der Waals surface area contributed by atoms with Gasteiger partial charge in [-0.2, -0.15) is 0 Å². The maximum absolute atomic E-state index is 14.4. The molecule has 9 N–H and O–H groups in total. The number of hydrogen-bond donors (Lipinski definition) is 7. The molecule has 0 saturated carbocycles. The van der Waals surface area contributed by atoms with Crippen molar-refractivity contribution in [1.29, 1.82) is 5.41 Å². The second kappa shape index (κ2) is 16.2. The molecule has 0 aliphatic heterocycles. The molecule has 0 radical (unpaired) electrons. The highest BCUT2D eigenvalue weighted by Crippen LogP contribution is 2.29. The number of guanidine groups is 1. The van der Waals surface area contributed by atoms with Gasteiger partial charge in [-0.05, 0) is 35.1 Å². The van der Waals surface area contributed by atoms with Crippen LogP contribution < -0.4 is 27.4 Å². The summed E-state index contributed by atoms with van der Waals surface area (Å²) in [6, 6.07) is 24.3. The number of nitrogens with one attached hydrogen (secondary N) is 4. The Morgan fingerprint density at radius 2 is 1.35 bits per heavy atom. The van der Waals surface area contributed by atoms with Gasteiger partial charge in [0.1, 0.15) is 12.6 Å². The molecule has 1 atom stereocenters. The van der Waals surface area contributed by atoms with Gasteiger partial charge in [0.15, 0.2) is 5.96 Å². The summed E-state index contributed by atoms with van der Waals surface area (Å²) in [6.07, 6.45) is 0.692. The maximum Gasteiger partial charge on any atom is 0.323 e. The van der Waals surface area contributed by atoms with Gasteiger partial charge in [-0.15, -0.1) is 0 Å². The normalized spacial score (nSPS) is 11.3. The van der Waals surface area contributed by atoms with E-state index in [0.29, 0.717) is 13.0 Å². The number of primary amides is 1. The first-order valence-electron chi connectivity index (χ1n) is 13.7. The molecule has 3 aromatic rings. The summed E-state index contributed by atoms with van der Waals surface area (Å²) >= 11 is 0. The lowest BCUT2D eigenvalue weighted by molar-refractivity contribution is -0.141. The van der Waals surface area contributed by atoms with Crippen molar-refractivity contribution in [2.45, 2.75) is 37.9 Å². The number of carboxylic acid groups (broad SMARTS) is 1. The minimum atomic E-state index is -1.15. The number of carbonyl (C=O) groups is 4. The summed E-state index contributed by atoms with van der Waals surface area (Å²) in [4.78, 5) is 51.2. The van der Waals surface area contributed by atoms with E-state index in [0.717, 1.165) is 22.3 Å². The number of benzene rings is 3. The van der Waals surface area contributed by atoms with Gasteiger partial charge in [0.05, 0.1) is 5.92 Å². The molecule has 0 spiro atoms. The van der Waals surface area contributed by atoms with Crippen LogP contribution in [0.15, 0.2) is 84.9 Å². The molecule has 226 valence electrons. The Kier molecular flexibility index (Phi) is 12.1. The van der Waals surface area contributed by atoms with Crippen molar-refractivity contribution in [2.75, 3.05) is 13.1 Å². The molecule has 12 nitrogen and oxygen atoms in total. The predicted molar refractivity (Wildman–Crippen MR) is 162 cm³/mol. The van der Waals surface area contributed by atoms with Crippen molar-refractivity contribution >= 4 is 29.8 Å². The van der Waals surface area contributed by atoms with E-state index in [1.165, 1.54) is 4.90 Å². The number of rotatable bonds is 15. The summed E-state index contributed by atoms with van der Waals surface area (Å²) in [5.41, 5.74) is 14.3. The van der Waals surface area contributed by atoms with Gasteiger partial charge in [0.25, 0.3) is 0 Å². The molecular formula is C31H37N7O5. The number of urea groups is 1. The highest BCUT2D eigenvalue weighted by atomic mass is 16.4. The number of carbonyl (C=O) groups excluding carboxylic acids is 3. The Bertz CT molecular complexity index is 1350. The molecule has 4 amide bonds. The van der Waals surface area contributed by atoms with E-state index >= 15 is 0 Å². The van der Waals surface area contributed by atoms with Crippen LogP contribution in [-0.2, 0) is 27.5 Å². The first-order valence-corrected chi connectivity index (χ1v) is 13.7. The SMILES string of the molecule is N=C(N)NCCC[C@H](C(N)=O)N(Cc1ccc(CNC(=O)NCC(=O)O)cc1)C(=O)C(c1ccccc1)c1ccccc1. The van der Waals surface area contributed by atoms with Gasteiger partial charge in [-0.25, -0.2) is 4.79 Å². The second-order valence-corrected chi connectivity index (χ2v) is 9.87. The van der Waals surface area contributed by atoms with Crippen molar-refractivity contribution < 1.29 is 24.3 Å². The molecule has 0 bridgehead atoms. The fourth-order valence-corrected chi connectivity index (χ4v) is 4.61. The summed E-state index contributed by atoms with van der Waals surface area (Å²) in [6.45, 7) is 0.0954. The number of carboxylic acids is 1. The highest BCUT2D eigenvalue weighted by molar-refractivity contribution is 5.92. The largest absolute Gasteiger partial charge is 0.480 e. The highest BCUT2D eigenvalue weighted by Gasteiger charge is 2.34. The van der Waals surface area contributed by atoms with Crippen molar-refractivity contribution in [3.8, 4) is 0 Å². The quantitative estimate of drug-likeness (QED) is 0.0798. The molecule has 0 aromatic heterocycles. The molecule has 43 heavy (non-hydrogen) atoms. The monoisotopic (exact) mass is 587 g/mol. The van der Waals surface area contributed by atoms with E-state index in [-0.39, 0.29) is 31.4 Å². The number of aliphatic carboxylic acids is 1. The van der Waals surface area contributed by atoms with Crippen LogP contribution in [0.5, 0.6) is 0 Å².